The number of amides is 1. The fraction of sp³-hybridized carbons (Fsp3) is 0.357. The second-order valence-corrected chi connectivity index (χ2v) is 6.98. The lowest BCUT2D eigenvalue weighted by Crippen LogP contribution is -2.26. The molecule has 20 heavy (non-hydrogen) atoms. The fourth-order valence-electron chi connectivity index (χ4n) is 2.29. The summed E-state index contributed by atoms with van der Waals surface area (Å²) in [5.74, 6) is 0.0602. The topological polar surface area (TPSA) is 46.1 Å². The average Bonchev–Trinajstić information content (AvgIpc) is 2.89. The molecule has 1 aliphatic heterocycles. The number of hydrogen-bond donors (Lipinski definition) is 0. The summed E-state index contributed by atoms with van der Waals surface area (Å²) in [7, 11) is 0. The summed E-state index contributed by atoms with van der Waals surface area (Å²) in [6.07, 6.45) is 2.53. The molecule has 104 valence electrons. The van der Waals surface area contributed by atoms with Crippen molar-refractivity contribution < 1.29 is 4.79 Å². The molecule has 0 saturated carbocycles. The highest BCUT2D eigenvalue weighted by Gasteiger charge is 2.30. The van der Waals surface area contributed by atoms with Crippen LogP contribution in [0, 0.1) is 13.8 Å². The van der Waals surface area contributed by atoms with Crippen molar-refractivity contribution >= 4 is 33.2 Å². The molecule has 0 unspecified atom stereocenters. The van der Waals surface area contributed by atoms with Crippen LogP contribution in [0.3, 0.4) is 0 Å². The van der Waals surface area contributed by atoms with Gasteiger partial charge in [-0.05, 0) is 35.8 Å². The third-order valence-electron chi connectivity index (χ3n) is 3.49. The van der Waals surface area contributed by atoms with E-state index in [4.69, 9.17) is 0 Å². The summed E-state index contributed by atoms with van der Waals surface area (Å²) in [5.41, 5.74) is 2.65. The predicted molar refractivity (Wildman–Crippen MR) is 82.0 cm³/mol. The zero-order valence-electron chi connectivity index (χ0n) is 11.3. The molecule has 0 atom stereocenters. The van der Waals surface area contributed by atoms with Crippen LogP contribution in [-0.4, -0.2) is 27.3 Å². The fourth-order valence-corrected chi connectivity index (χ4v) is 3.73. The average molecular weight is 352 g/mol. The predicted octanol–water partition coefficient (Wildman–Crippen LogP) is 3.12. The van der Waals surface area contributed by atoms with Crippen LogP contribution in [-0.2, 0) is 13.0 Å². The van der Waals surface area contributed by atoms with Crippen molar-refractivity contribution in [1.29, 1.82) is 0 Å². The number of carbonyl (C=O) groups is 1. The van der Waals surface area contributed by atoms with Gasteiger partial charge in [-0.2, -0.15) is 0 Å². The molecule has 0 radical (unpaired) electrons. The second-order valence-electron chi connectivity index (χ2n) is 4.84. The van der Waals surface area contributed by atoms with Crippen LogP contribution in [0.5, 0.6) is 0 Å². The van der Waals surface area contributed by atoms with Crippen molar-refractivity contribution in [2.24, 2.45) is 0 Å². The van der Waals surface area contributed by atoms with Gasteiger partial charge in [0.05, 0.1) is 28.5 Å². The third-order valence-corrected chi connectivity index (χ3v) is 5.28. The highest BCUT2D eigenvalue weighted by atomic mass is 79.9. The Hall–Kier alpha value is -1.27. The van der Waals surface area contributed by atoms with Crippen molar-refractivity contribution in [2.45, 2.75) is 26.8 Å². The van der Waals surface area contributed by atoms with Crippen LogP contribution in [0.15, 0.2) is 16.7 Å². The normalized spacial score (nSPS) is 13.9. The van der Waals surface area contributed by atoms with Gasteiger partial charge in [-0.15, -0.1) is 11.3 Å². The van der Waals surface area contributed by atoms with Crippen molar-refractivity contribution in [1.82, 2.24) is 14.9 Å². The van der Waals surface area contributed by atoms with E-state index in [1.54, 1.807) is 17.5 Å². The Balaban J connectivity index is 1.72. The van der Waals surface area contributed by atoms with Crippen LogP contribution in [0.25, 0.3) is 0 Å². The number of nitrogens with zero attached hydrogens (tertiary/aromatic N) is 3. The molecule has 0 saturated heterocycles. The Labute approximate surface area is 130 Å². The molecule has 2 aromatic rings. The van der Waals surface area contributed by atoms with Gasteiger partial charge in [-0.1, -0.05) is 0 Å². The first-order chi connectivity index (χ1) is 9.56. The monoisotopic (exact) mass is 351 g/mol. The van der Waals surface area contributed by atoms with Gasteiger partial charge in [0.2, 0.25) is 0 Å². The van der Waals surface area contributed by atoms with Gasteiger partial charge in [0.25, 0.3) is 5.91 Å². The zero-order chi connectivity index (χ0) is 14.3. The van der Waals surface area contributed by atoms with Gasteiger partial charge < -0.3 is 4.90 Å². The molecule has 4 nitrogen and oxygen atoms in total. The van der Waals surface area contributed by atoms with Crippen LogP contribution < -0.4 is 0 Å². The molecule has 0 aromatic carbocycles. The van der Waals surface area contributed by atoms with Crippen LogP contribution in [0.1, 0.15) is 31.6 Å². The quantitative estimate of drug-likeness (QED) is 0.853. The number of pyridine rings is 1. The van der Waals surface area contributed by atoms with Crippen molar-refractivity contribution in [3.05, 3.63) is 43.6 Å². The molecule has 0 N–H and O–H groups in total. The van der Waals surface area contributed by atoms with Crippen molar-refractivity contribution in [3.8, 4) is 0 Å². The maximum absolute atomic E-state index is 12.3. The van der Waals surface area contributed by atoms with E-state index < -0.39 is 0 Å². The molecular weight excluding hydrogens is 338 g/mol. The number of halogens is 1. The number of hydrogen-bond acceptors (Lipinski definition) is 4. The van der Waals surface area contributed by atoms with E-state index in [0.29, 0.717) is 18.7 Å². The minimum Gasteiger partial charge on any atom is -0.332 e. The molecular formula is C14H14BrN3OS. The van der Waals surface area contributed by atoms with Gasteiger partial charge in [0.1, 0.15) is 0 Å². The first-order valence-corrected chi connectivity index (χ1v) is 8.03. The minimum absolute atomic E-state index is 0.0602. The Morgan fingerprint density at radius 1 is 1.45 bits per heavy atom. The molecule has 1 amide bonds. The number of fused-ring (bicyclic) bond motifs is 1. The Kier molecular flexibility index (Phi) is 3.60. The van der Waals surface area contributed by atoms with Crippen LogP contribution in [0.4, 0.5) is 0 Å². The largest absolute Gasteiger partial charge is 0.332 e. The van der Waals surface area contributed by atoms with E-state index in [-0.39, 0.29) is 5.91 Å². The molecule has 2 aromatic heterocycles. The summed E-state index contributed by atoms with van der Waals surface area (Å²) >= 11 is 5.14. The molecule has 3 heterocycles. The van der Waals surface area contributed by atoms with E-state index in [1.807, 2.05) is 17.9 Å². The Morgan fingerprint density at radius 2 is 2.25 bits per heavy atom. The maximum Gasteiger partial charge on any atom is 0.257 e. The summed E-state index contributed by atoms with van der Waals surface area (Å²) < 4.78 is 0.830. The minimum atomic E-state index is 0.0602. The standard InChI is InChI=1S/C14H14BrN3OS/c1-8-9(2)20-12(17-8)4-6-18-7-11-13(14(18)19)10(15)3-5-16-11/h3,5H,4,6-7H2,1-2H3. The van der Waals surface area contributed by atoms with E-state index in [9.17, 15) is 4.79 Å². The lowest BCUT2D eigenvalue weighted by Gasteiger charge is -2.13. The van der Waals surface area contributed by atoms with E-state index in [2.05, 4.69) is 32.8 Å². The highest BCUT2D eigenvalue weighted by Crippen LogP contribution is 2.28. The van der Waals surface area contributed by atoms with Crippen LogP contribution >= 0.6 is 27.3 Å². The molecule has 3 rings (SSSR count). The van der Waals surface area contributed by atoms with Gasteiger partial charge in [0, 0.05) is 28.5 Å². The van der Waals surface area contributed by atoms with Gasteiger partial charge in [-0.3, -0.25) is 9.78 Å². The van der Waals surface area contributed by atoms with Gasteiger partial charge >= 0.3 is 0 Å². The Bertz CT molecular complexity index is 664. The highest BCUT2D eigenvalue weighted by molar-refractivity contribution is 9.10. The SMILES string of the molecule is Cc1nc(CCN2Cc3nccc(Br)c3C2=O)sc1C. The van der Waals surface area contributed by atoms with Crippen LogP contribution in [0.2, 0.25) is 0 Å². The molecule has 0 bridgehead atoms. The second kappa shape index (κ2) is 5.26. The van der Waals surface area contributed by atoms with Crippen molar-refractivity contribution in [3.63, 3.8) is 0 Å². The smallest absolute Gasteiger partial charge is 0.257 e. The number of thiazole rings is 1. The summed E-state index contributed by atoms with van der Waals surface area (Å²) in [4.78, 5) is 24.2. The third kappa shape index (κ3) is 2.38. The summed E-state index contributed by atoms with van der Waals surface area (Å²) in [6.45, 7) is 5.38. The lowest BCUT2D eigenvalue weighted by atomic mass is 10.2. The van der Waals surface area contributed by atoms with E-state index >= 15 is 0 Å². The number of aromatic nitrogens is 2. The summed E-state index contributed by atoms with van der Waals surface area (Å²) in [5, 5.41) is 1.09. The van der Waals surface area contributed by atoms with Gasteiger partial charge in [-0.25, -0.2) is 4.98 Å². The molecule has 0 fully saturated rings. The summed E-state index contributed by atoms with van der Waals surface area (Å²) in [6, 6.07) is 1.81. The number of rotatable bonds is 3. The first kappa shape index (κ1) is 13.7. The Morgan fingerprint density at radius 3 is 2.90 bits per heavy atom. The number of aryl methyl sites for hydroxylation is 2. The van der Waals surface area contributed by atoms with E-state index in [1.165, 1.54) is 4.88 Å². The molecule has 6 heteroatoms. The zero-order valence-corrected chi connectivity index (χ0v) is 13.7. The lowest BCUT2D eigenvalue weighted by molar-refractivity contribution is 0.0779. The molecule has 1 aliphatic rings. The van der Waals surface area contributed by atoms with Crippen molar-refractivity contribution in [2.75, 3.05) is 6.54 Å². The maximum atomic E-state index is 12.3. The molecule has 0 aliphatic carbocycles. The first-order valence-electron chi connectivity index (χ1n) is 6.42. The number of carbonyl (C=O) groups excluding carboxylic acids is 1. The van der Waals surface area contributed by atoms with Gasteiger partial charge in [0.15, 0.2) is 0 Å². The van der Waals surface area contributed by atoms with E-state index in [0.717, 1.165) is 27.3 Å². The molecule has 0 spiro atoms.